The Labute approximate surface area is 118 Å². The maximum absolute atomic E-state index is 12.1. The van der Waals surface area contributed by atoms with Gasteiger partial charge in [-0.15, -0.1) is 6.42 Å². The molecule has 1 aromatic carbocycles. The molecule has 4 nitrogen and oxygen atoms in total. The van der Waals surface area contributed by atoms with Gasteiger partial charge in [0, 0.05) is 29.6 Å². The minimum absolute atomic E-state index is 0.0710. The molecule has 2 rings (SSSR count). The lowest BCUT2D eigenvalue weighted by Gasteiger charge is -2.06. The van der Waals surface area contributed by atoms with Gasteiger partial charge in [0.05, 0.1) is 12.1 Å². The van der Waals surface area contributed by atoms with Gasteiger partial charge in [-0.3, -0.25) is 9.48 Å². The molecule has 0 fully saturated rings. The molecular formula is C16H17N3O. The van der Waals surface area contributed by atoms with E-state index in [1.807, 2.05) is 39.1 Å². The Morgan fingerprint density at radius 3 is 2.80 bits per heavy atom. The van der Waals surface area contributed by atoms with Crippen molar-refractivity contribution in [2.45, 2.75) is 20.3 Å². The van der Waals surface area contributed by atoms with Crippen LogP contribution in [0.5, 0.6) is 0 Å². The van der Waals surface area contributed by atoms with Crippen molar-refractivity contribution < 1.29 is 4.79 Å². The summed E-state index contributed by atoms with van der Waals surface area (Å²) in [7, 11) is 1.88. The number of hydrogen-bond acceptors (Lipinski definition) is 2. The summed E-state index contributed by atoms with van der Waals surface area (Å²) in [5.74, 6) is 2.48. The Balaban J connectivity index is 2.11. The molecule has 2 aromatic rings. The zero-order valence-electron chi connectivity index (χ0n) is 11.9. The third-order valence-corrected chi connectivity index (χ3v) is 3.31. The summed E-state index contributed by atoms with van der Waals surface area (Å²) in [6, 6.07) is 7.25. The van der Waals surface area contributed by atoms with E-state index in [0.29, 0.717) is 12.1 Å². The quantitative estimate of drug-likeness (QED) is 0.867. The summed E-state index contributed by atoms with van der Waals surface area (Å²) in [4.78, 5) is 12.1. The van der Waals surface area contributed by atoms with E-state index in [0.717, 1.165) is 22.5 Å². The Morgan fingerprint density at radius 1 is 1.45 bits per heavy atom. The average molecular weight is 267 g/mol. The molecule has 0 spiro atoms. The average Bonchev–Trinajstić information content (AvgIpc) is 2.65. The van der Waals surface area contributed by atoms with E-state index in [9.17, 15) is 4.79 Å². The predicted octanol–water partition coefficient (Wildman–Crippen LogP) is 2.20. The number of rotatable bonds is 3. The topological polar surface area (TPSA) is 46.9 Å². The normalized spacial score (nSPS) is 10.1. The lowest BCUT2D eigenvalue weighted by Crippen LogP contribution is -2.15. The third-order valence-electron chi connectivity index (χ3n) is 3.31. The van der Waals surface area contributed by atoms with Crippen LogP contribution in [0.4, 0.5) is 5.69 Å². The fourth-order valence-corrected chi connectivity index (χ4v) is 2.13. The van der Waals surface area contributed by atoms with Crippen LogP contribution < -0.4 is 5.32 Å². The second kappa shape index (κ2) is 5.62. The van der Waals surface area contributed by atoms with Gasteiger partial charge in [-0.2, -0.15) is 5.10 Å². The number of carbonyl (C=O) groups is 1. The van der Waals surface area contributed by atoms with Crippen LogP contribution in [0.1, 0.15) is 22.5 Å². The van der Waals surface area contributed by atoms with Gasteiger partial charge in [0.15, 0.2) is 0 Å². The monoisotopic (exact) mass is 267 g/mol. The number of benzene rings is 1. The van der Waals surface area contributed by atoms with Gasteiger partial charge in [0.1, 0.15) is 0 Å². The maximum atomic E-state index is 12.1. The van der Waals surface area contributed by atoms with Crippen molar-refractivity contribution in [1.29, 1.82) is 0 Å². The highest BCUT2D eigenvalue weighted by Crippen LogP contribution is 2.15. The van der Waals surface area contributed by atoms with Crippen LogP contribution >= 0.6 is 0 Å². The highest BCUT2D eigenvalue weighted by atomic mass is 16.1. The Kier molecular flexibility index (Phi) is 3.90. The van der Waals surface area contributed by atoms with Crippen molar-refractivity contribution in [3.05, 3.63) is 46.8 Å². The number of aromatic nitrogens is 2. The summed E-state index contributed by atoms with van der Waals surface area (Å²) >= 11 is 0. The zero-order valence-corrected chi connectivity index (χ0v) is 11.9. The van der Waals surface area contributed by atoms with E-state index in [1.54, 1.807) is 10.7 Å². The number of amides is 1. The Morgan fingerprint density at radius 2 is 2.20 bits per heavy atom. The van der Waals surface area contributed by atoms with Crippen LogP contribution in [0, 0.1) is 26.2 Å². The fraction of sp³-hybridized carbons (Fsp3) is 0.250. The summed E-state index contributed by atoms with van der Waals surface area (Å²) in [5.41, 5.74) is 4.33. The second-order valence-corrected chi connectivity index (χ2v) is 4.72. The molecule has 0 saturated carbocycles. The molecule has 20 heavy (non-hydrogen) atoms. The number of nitrogens with one attached hydrogen (secondary N) is 1. The van der Waals surface area contributed by atoms with Gasteiger partial charge in [-0.05, 0) is 32.0 Å². The minimum atomic E-state index is -0.0710. The Bertz CT molecular complexity index is 692. The molecule has 1 heterocycles. The molecule has 0 bridgehead atoms. The van der Waals surface area contributed by atoms with Gasteiger partial charge < -0.3 is 5.32 Å². The molecule has 4 heteroatoms. The first-order chi connectivity index (χ1) is 9.51. The van der Waals surface area contributed by atoms with Crippen molar-refractivity contribution >= 4 is 11.6 Å². The second-order valence-electron chi connectivity index (χ2n) is 4.72. The van der Waals surface area contributed by atoms with E-state index in [4.69, 9.17) is 6.42 Å². The SMILES string of the molecule is C#Cc1cccc(NC(=O)Cc2c(C)nn(C)c2C)c1. The van der Waals surface area contributed by atoms with Crippen molar-refractivity contribution in [2.24, 2.45) is 7.05 Å². The largest absolute Gasteiger partial charge is 0.326 e. The predicted molar refractivity (Wildman–Crippen MR) is 79.4 cm³/mol. The van der Waals surface area contributed by atoms with E-state index in [-0.39, 0.29) is 5.91 Å². The van der Waals surface area contributed by atoms with Crippen LogP contribution in [0.15, 0.2) is 24.3 Å². The van der Waals surface area contributed by atoms with Gasteiger partial charge in [-0.1, -0.05) is 12.0 Å². The fourth-order valence-electron chi connectivity index (χ4n) is 2.13. The molecule has 0 aliphatic heterocycles. The van der Waals surface area contributed by atoms with Crippen LogP contribution in [0.3, 0.4) is 0 Å². The van der Waals surface area contributed by atoms with Gasteiger partial charge in [0.25, 0.3) is 0 Å². The number of hydrogen-bond donors (Lipinski definition) is 1. The third kappa shape index (κ3) is 2.89. The molecule has 1 aromatic heterocycles. The number of carbonyl (C=O) groups excluding carboxylic acids is 1. The van der Waals surface area contributed by atoms with Crippen molar-refractivity contribution in [2.75, 3.05) is 5.32 Å². The number of anilines is 1. The van der Waals surface area contributed by atoms with E-state index >= 15 is 0 Å². The molecule has 102 valence electrons. The van der Waals surface area contributed by atoms with Crippen LogP contribution in [-0.2, 0) is 18.3 Å². The van der Waals surface area contributed by atoms with Crippen molar-refractivity contribution in [3.63, 3.8) is 0 Å². The van der Waals surface area contributed by atoms with Crippen molar-refractivity contribution in [1.82, 2.24) is 9.78 Å². The molecule has 0 aliphatic rings. The summed E-state index contributed by atoms with van der Waals surface area (Å²) in [6.07, 6.45) is 5.65. The molecule has 0 atom stereocenters. The maximum Gasteiger partial charge on any atom is 0.228 e. The first-order valence-electron chi connectivity index (χ1n) is 6.37. The molecule has 0 saturated heterocycles. The molecule has 0 aliphatic carbocycles. The van der Waals surface area contributed by atoms with Gasteiger partial charge in [0.2, 0.25) is 5.91 Å². The van der Waals surface area contributed by atoms with E-state index < -0.39 is 0 Å². The van der Waals surface area contributed by atoms with Crippen molar-refractivity contribution in [3.8, 4) is 12.3 Å². The lowest BCUT2D eigenvalue weighted by atomic mass is 10.1. The molecular weight excluding hydrogens is 250 g/mol. The summed E-state index contributed by atoms with van der Waals surface area (Å²) in [5, 5.41) is 7.17. The van der Waals surface area contributed by atoms with Gasteiger partial charge >= 0.3 is 0 Å². The molecule has 1 amide bonds. The zero-order chi connectivity index (χ0) is 14.7. The summed E-state index contributed by atoms with van der Waals surface area (Å²) in [6.45, 7) is 3.87. The first-order valence-corrected chi connectivity index (χ1v) is 6.37. The summed E-state index contributed by atoms with van der Waals surface area (Å²) < 4.78 is 1.79. The van der Waals surface area contributed by atoms with Crippen LogP contribution in [-0.4, -0.2) is 15.7 Å². The van der Waals surface area contributed by atoms with Gasteiger partial charge in [-0.25, -0.2) is 0 Å². The standard InChI is InChI=1S/C16H17N3O/c1-5-13-7-6-8-14(9-13)17-16(20)10-15-11(2)18-19(4)12(15)3/h1,6-9H,10H2,2-4H3,(H,17,20). The molecule has 0 unspecified atom stereocenters. The number of nitrogens with zero attached hydrogens (tertiary/aromatic N) is 2. The van der Waals surface area contributed by atoms with E-state index in [1.165, 1.54) is 0 Å². The van der Waals surface area contributed by atoms with Crippen LogP contribution in [0.2, 0.25) is 0 Å². The smallest absolute Gasteiger partial charge is 0.228 e. The molecule has 0 radical (unpaired) electrons. The van der Waals surface area contributed by atoms with Crippen LogP contribution in [0.25, 0.3) is 0 Å². The highest BCUT2D eigenvalue weighted by Gasteiger charge is 2.13. The number of aryl methyl sites for hydroxylation is 2. The first kappa shape index (κ1) is 13.9. The van der Waals surface area contributed by atoms with E-state index in [2.05, 4.69) is 16.3 Å². The molecule has 1 N–H and O–H groups in total. The highest BCUT2D eigenvalue weighted by molar-refractivity contribution is 5.92. The Hall–Kier alpha value is -2.54. The lowest BCUT2D eigenvalue weighted by molar-refractivity contribution is -0.115. The number of terminal acetylenes is 1. The minimum Gasteiger partial charge on any atom is -0.326 e.